The molecule has 1 aliphatic carbocycles. The van der Waals surface area contributed by atoms with Crippen LogP contribution in [-0.4, -0.2) is 27.9 Å². The molecule has 1 unspecified atom stereocenters. The lowest BCUT2D eigenvalue weighted by atomic mass is 10.00. The summed E-state index contributed by atoms with van der Waals surface area (Å²) in [5.41, 5.74) is 9.89. The van der Waals surface area contributed by atoms with Crippen molar-refractivity contribution >= 4 is 5.82 Å². The second-order valence-electron chi connectivity index (χ2n) is 6.11. The van der Waals surface area contributed by atoms with Crippen molar-refractivity contribution in [3.05, 3.63) is 30.2 Å². The van der Waals surface area contributed by atoms with Crippen LogP contribution in [0.15, 0.2) is 24.5 Å². The third-order valence-electron chi connectivity index (χ3n) is 4.28. The van der Waals surface area contributed by atoms with Crippen molar-refractivity contribution in [2.75, 3.05) is 18.9 Å². The minimum Gasteiger partial charge on any atom is -0.450 e. The molecule has 0 radical (unpaired) electrons. The zero-order valence-electron chi connectivity index (χ0n) is 12.9. The Hall–Kier alpha value is -2.12. The second kappa shape index (κ2) is 6.17. The van der Waals surface area contributed by atoms with E-state index < -0.39 is 0 Å². The molecule has 7 heteroatoms. The Morgan fingerprint density at radius 1 is 1.30 bits per heavy atom. The van der Waals surface area contributed by atoms with Crippen LogP contribution in [0.1, 0.15) is 43.3 Å². The Bertz CT molecular complexity index is 675. The normalized spacial score (nSPS) is 21.8. The topological polar surface area (TPSA) is 87.2 Å². The van der Waals surface area contributed by atoms with Crippen molar-refractivity contribution in [3.63, 3.8) is 0 Å². The van der Waals surface area contributed by atoms with Gasteiger partial charge in [0.1, 0.15) is 5.69 Å². The molecule has 2 aromatic rings. The Morgan fingerprint density at radius 2 is 2.22 bits per heavy atom. The number of hydrogen-bond donors (Lipinski definition) is 2. The summed E-state index contributed by atoms with van der Waals surface area (Å²) < 4.78 is 8.08. The monoisotopic (exact) mass is 315 g/mol. The highest BCUT2D eigenvalue weighted by atomic mass is 16.6. The van der Waals surface area contributed by atoms with E-state index in [4.69, 9.17) is 20.4 Å². The van der Waals surface area contributed by atoms with Crippen LogP contribution >= 0.6 is 0 Å². The molecule has 122 valence electrons. The van der Waals surface area contributed by atoms with Gasteiger partial charge in [0.2, 0.25) is 0 Å². The molecule has 0 spiro atoms. The van der Waals surface area contributed by atoms with Gasteiger partial charge in [-0.2, -0.15) is 5.10 Å². The summed E-state index contributed by atoms with van der Waals surface area (Å²) in [5, 5.41) is 4.80. The van der Waals surface area contributed by atoms with E-state index >= 15 is 0 Å². The van der Waals surface area contributed by atoms with Gasteiger partial charge in [0.05, 0.1) is 18.8 Å². The number of rotatable bonds is 4. The van der Waals surface area contributed by atoms with Gasteiger partial charge in [0.25, 0.3) is 0 Å². The number of hydroxylamine groups is 1. The molecular formula is C16H21N5O2. The molecule has 3 heterocycles. The van der Waals surface area contributed by atoms with Gasteiger partial charge in [0, 0.05) is 18.7 Å². The van der Waals surface area contributed by atoms with Gasteiger partial charge >= 0.3 is 0 Å². The predicted molar refractivity (Wildman–Crippen MR) is 85.2 cm³/mol. The van der Waals surface area contributed by atoms with E-state index in [2.05, 4.69) is 10.5 Å². The van der Waals surface area contributed by atoms with E-state index in [0.717, 1.165) is 37.4 Å². The average Bonchev–Trinajstić information content (AvgIpc) is 3.36. The Balaban J connectivity index is 1.65. The molecule has 4 rings (SSSR count). The van der Waals surface area contributed by atoms with Crippen molar-refractivity contribution in [1.82, 2.24) is 20.2 Å². The minimum absolute atomic E-state index is 0.269. The van der Waals surface area contributed by atoms with Gasteiger partial charge in [-0.05, 0) is 37.8 Å². The lowest BCUT2D eigenvalue weighted by Crippen LogP contribution is -2.19. The molecule has 23 heavy (non-hydrogen) atoms. The summed E-state index contributed by atoms with van der Waals surface area (Å²) in [4.78, 5) is 9.41. The predicted octanol–water partition coefficient (Wildman–Crippen LogP) is 2.39. The zero-order chi connectivity index (χ0) is 15.6. The van der Waals surface area contributed by atoms with Gasteiger partial charge in [-0.3, -0.25) is 4.68 Å². The average molecular weight is 315 g/mol. The number of hydrogen-bond acceptors (Lipinski definition) is 6. The van der Waals surface area contributed by atoms with Gasteiger partial charge < -0.3 is 15.3 Å². The van der Waals surface area contributed by atoms with E-state index in [1.54, 1.807) is 6.20 Å². The van der Waals surface area contributed by atoms with Crippen molar-refractivity contribution < 1.29 is 9.57 Å². The van der Waals surface area contributed by atoms with Crippen LogP contribution in [0, 0.1) is 0 Å². The van der Waals surface area contributed by atoms with Crippen molar-refractivity contribution in [2.45, 2.75) is 37.6 Å². The lowest BCUT2D eigenvalue weighted by Gasteiger charge is -2.13. The van der Waals surface area contributed by atoms with E-state index in [1.807, 2.05) is 23.0 Å². The van der Waals surface area contributed by atoms with Crippen molar-refractivity contribution in [1.29, 1.82) is 0 Å². The van der Waals surface area contributed by atoms with Crippen LogP contribution in [0.4, 0.5) is 5.82 Å². The molecule has 7 nitrogen and oxygen atoms in total. The number of nitrogens with one attached hydrogen (secondary N) is 1. The smallest absolute Gasteiger partial charge is 0.169 e. The van der Waals surface area contributed by atoms with E-state index in [9.17, 15) is 0 Å². The first-order chi connectivity index (χ1) is 11.3. The molecule has 3 N–H and O–H groups in total. The van der Waals surface area contributed by atoms with Crippen LogP contribution < -0.4 is 16.0 Å². The van der Waals surface area contributed by atoms with Crippen LogP contribution in [0.5, 0.6) is 11.5 Å². The fourth-order valence-electron chi connectivity index (χ4n) is 2.85. The Morgan fingerprint density at radius 3 is 3.04 bits per heavy atom. The summed E-state index contributed by atoms with van der Waals surface area (Å²) in [6.45, 7) is 1.46. The summed E-state index contributed by atoms with van der Waals surface area (Å²) in [7, 11) is 0. The molecule has 0 bridgehead atoms. The van der Waals surface area contributed by atoms with E-state index in [-0.39, 0.29) is 5.92 Å². The largest absolute Gasteiger partial charge is 0.450 e. The quantitative estimate of drug-likeness (QED) is 0.901. The van der Waals surface area contributed by atoms with E-state index in [0.29, 0.717) is 17.6 Å². The highest BCUT2D eigenvalue weighted by Crippen LogP contribution is 2.39. The maximum absolute atomic E-state index is 6.05. The molecule has 2 fully saturated rings. The SMILES string of the molecule is Nc1ncccc1Oc1cn(C2CC2)nc1C1CCCONC1. The summed E-state index contributed by atoms with van der Waals surface area (Å²) in [6.07, 6.45) is 8.04. The molecule has 1 saturated heterocycles. The number of nitrogens with zero attached hydrogens (tertiary/aromatic N) is 3. The van der Waals surface area contributed by atoms with Gasteiger partial charge in [-0.25, -0.2) is 10.5 Å². The highest BCUT2D eigenvalue weighted by Gasteiger charge is 2.29. The fraction of sp³-hybridized carbons (Fsp3) is 0.500. The summed E-state index contributed by atoms with van der Waals surface area (Å²) in [6, 6.07) is 4.15. The molecule has 2 aliphatic rings. The first kappa shape index (κ1) is 14.5. The Kier molecular flexibility index (Phi) is 3.88. The van der Waals surface area contributed by atoms with Gasteiger partial charge in [-0.1, -0.05) is 0 Å². The van der Waals surface area contributed by atoms with Crippen LogP contribution in [-0.2, 0) is 4.84 Å². The number of anilines is 1. The molecule has 0 amide bonds. The first-order valence-electron chi connectivity index (χ1n) is 8.13. The molecule has 1 aliphatic heterocycles. The maximum atomic E-state index is 6.05. The third kappa shape index (κ3) is 3.16. The number of aromatic nitrogens is 3. The van der Waals surface area contributed by atoms with Crippen molar-refractivity contribution in [3.8, 4) is 11.5 Å². The van der Waals surface area contributed by atoms with Crippen LogP contribution in [0.3, 0.4) is 0 Å². The van der Waals surface area contributed by atoms with Crippen molar-refractivity contribution in [2.24, 2.45) is 0 Å². The molecular weight excluding hydrogens is 294 g/mol. The molecule has 1 atom stereocenters. The second-order valence-corrected chi connectivity index (χ2v) is 6.11. The zero-order valence-corrected chi connectivity index (χ0v) is 12.9. The standard InChI is InChI=1S/C16H21N5O2/c17-16-13(4-1-7-18-16)23-14-10-21(12-5-6-12)20-15(14)11-3-2-8-22-19-9-11/h1,4,7,10-12,19H,2-3,5-6,8-9H2,(H2,17,18). The number of ether oxygens (including phenoxy) is 1. The summed E-state index contributed by atoms with van der Waals surface area (Å²) in [5.74, 6) is 2.00. The number of nitrogens with two attached hydrogens (primary N) is 1. The van der Waals surface area contributed by atoms with Gasteiger partial charge in [0.15, 0.2) is 17.3 Å². The minimum atomic E-state index is 0.269. The molecule has 1 saturated carbocycles. The van der Waals surface area contributed by atoms with Crippen LogP contribution in [0.25, 0.3) is 0 Å². The summed E-state index contributed by atoms with van der Waals surface area (Å²) >= 11 is 0. The van der Waals surface area contributed by atoms with E-state index in [1.165, 1.54) is 12.8 Å². The number of nitrogen functional groups attached to an aromatic ring is 1. The maximum Gasteiger partial charge on any atom is 0.169 e. The van der Waals surface area contributed by atoms with Gasteiger partial charge in [-0.15, -0.1) is 0 Å². The Labute approximate surface area is 134 Å². The highest BCUT2D eigenvalue weighted by molar-refractivity contribution is 5.48. The number of pyridine rings is 1. The van der Waals surface area contributed by atoms with Crippen LogP contribution in [0.2, 0.25) is 0 Å². The molecule has 2 aromatic heterocycles. The fourth-order valence-corrected chi connectivity index (χ4v) is 2.85. The lowest BCUT2D eigenvalue weighted by molar-refractivity contribution is 0.0512. The molecule has 0 aromatic carbocycles. The third-order valence-corrected chi connectivity index (χ3v) is 4.28. The first-order valence-corrected chi connectivity index (χ1v) is 8.13.